The maximum absolute atomic E-state index is 5.25. The Kier molecular flexibility index (Phi) is 3.56. The summed E-state index contributed by atoms with van der Waals surface area (Å²) < 4.78 is 15.4. The van der Waals surface area contributed by atoms with Gasteiger partial charge >= 0.3 is 0 Å². The van der Waals surface area contributed by atoms with Crippen molar-refractivity contribution in [2.75, 3.05) is 13.7 Å². The van der Waals surface area contributed by atoms with Crippen molar-refractivity contribution in [1.82, 2.24) is 15.3 Å². The second kappa shape index (κ2) is 5.66. The standard InChI is InChI=1S/C14H13N3O3/c1-18-8-7-13-15-14(20-17-13)12-9-11(16-19-12)10-5-3-2-4-6-10/h2-6,9H,7-8H2,1H3. The lowest BCUT2D eigenvalue weighted by Gasteiger charge is -1.91. The number of nitrogens with zero attached hydrogens (tertiary/aromatic N) is 3. The molecule has 20 heavy (non-hydrogen) atoms. The van der Waals surface area contributed by atoms with E-state index in [1.807, 2.05) is 30.3 Å². The van der Waals surface area contributed by atoms with Crippen LogP contribution in [0.25, 0.3) is 22.9 Å². The molecule has 0 amide bonds. The summed E-state index contributed by atoms with van der Waals surface area (Å²) in [7, 11) is 1.63. The monoisotopic (exact) mass is 271 g/mol. The SMILES string of the molecule is COCCc1noc(-c2cc(-c3ccccc3)no2)n1. The lowest BCUT2D eigenvalue weighted by Crippen LogP contribution is -1.95. The van der Waals surface area contributed by atoms with Gasteiger partial charge in [0.05, 0.1) is 6.61 Å². The van der Waals surface area contributed by atoms with Crippen LogP contribution in [0, 0.1) is 0 Å². The number of hydrogen-bond donors (Lipinski definition) is 0. The van der Waals surface area contributed by atoms with Crippen LogP contribution in [0.4, 0.5) is 0 Å². The molecule has 0 aliphatic rings. The summed E-state index contributed by atoms with van der Waals surface area (Å²) in [6, 6.07) is 11.5. The minimum absolute atomic E-state index is 0.325. The van der Waals surface area contributed by atoms with Crippen molar-refractivity contribution >= 4 is 0 Å². The van der Waals surface area contributed by atoms with Crippen LogP contribution in [0.15, 0.2) is 45.4 Å². The number of ether oxygens (including phenoxy) is 1. The third-order valence-electron chi connectivity index (χ3n) is 2.79. The number of benzene rings is 1. The van der Waals surface area contributed by atoms with Crippen LogP contribution in [0.5, 0.6) is 0 Å². The molecule has 2 aromatic heterocycles. The molecule has 3 rings (SSSR count). The van der Waals surface area contributed by atoms with Crippen molar-refractivity contribution in [3.05, 3.63) is 42.2 Å². The van der Waals surface area contributed by atoms with Gasteiger partial charge in [0, 0.05) is 25.2 Å². The van der Waals surface area contributed by atoms with Gasteiger partial charge in [-0.25, -0.2) is 0 Å². The molecule has 0 N–H and O–H groups in total. The van der Waals surface area contributed by atoms with E-state index in [0.29, 0.717) is 30.5 Å². The van der Waals surface area contributed by atoms with Crippen LogP contribution in [0.2, 0.25) is 0 Å². The number of hydrogen-bond acceptors (Lipinski definition) is 6. The number of rotatable bonds is 5. The average molecular weight is 271 g/mol. The van der Waals surface area contributed by atoms with E-state index < -0.39 is 0 Å². The first kappa shape index (κ1) is 12.6. The lowest BCUT2D eigenvalue weighted by molar-refractivity contribution is 0.199. The summed E-state index contributed by atoms with van der Waals surface area (Å²) in [5.41, 5.74) is 1.71. The molecule has 0 atom stereocenters. The highest BCUT2D eigenvalue weighted by molar-refractivity contribution is 5.62. The maximum Gasteiger partial charge on any atom is 0.296 e. The zero-order valence-electron chi connectivity index (χ0n) is 10.9. The van der Waals surface area contributed by atoms with Gasteiger partial charge in [0.2, 0.25) is 5.76 Å². The molecular formula is C14H13N3O3. The van der Waals surface area contributed by atoms with Gasteiger partial charge in [0.15, 0.2) is 5.82 Å². The van der Waals surface area contributed by atoms with Crippen molar-refractivity contribution in [3.63, 3.8) is 0 Å². The second-order valence-corrected chi connectivity index (χ2v) is 4.20. The fraction of sp³-hybridized carbons (Fsp3) is 0.214. The van der Waals surface area contributed by atoms with Crippen LogP contribution in [0.1, 0.15) is 5.82 Å². The topological polar surface area (TPSA) is 74.2 Å². The Labute approximate surface area is 115 Å². The summed E-state index contributed by atoms with van der Waals surface area (Å²) in [6.07, 6.45) is 0.597. The summed E-state index contributed by atoms with van der Waals surface area (Å²) in [5.74, 6) is 1.37. The third kappa shape index (κ3) is 2.60. The van der Waals surface area contributed by atoms with Gasteiger partial charge in [-0.05, 0) is 0 Å². The van der Waals surface area contributed by atoms with E-state index in [1.54, 1.807) is 13.2 Å². The van der Waals surface area contributed by atoms with Crippen molar-refractivity contribution < 1.29 is 13.8 Å². The first-order valence-corrected chi connectivity index (χ1v) is 6.21. The first-order chi connectivity index (χ1) is 9.86. The zero-order valence-corrected chi connectivity index (χ0v) is 10.9. The van der Waals surface area contributed by atoms with Gasteiger partial charge in [-0.2, -0.15) is 4.98 Å². The molecule has 0 unspecified atom stereocenters. The van der Waals surface area contributed by atoms with Crippen molar-refractivity contribution in [1.29, 1.82) is 0 Å². The molecule has 102 valence electrons. The quantitative estimate of drug-likeness (QED) is 0.710. The molecule has 0 saturated carbocycles. The molecule has 0 radical (unpaired) electrons. The predicted octanol–water partition coefficient (Wildman–Crippen LogP) is 2.58. The zero-order chi connectivity index (χ0) is 13.8. The lowest BCUT2D eigenvalue weighted by atomic mass is 10.1. The normalized spacial score (nSPS) is 10.8. The van der Waals surface area contributed by atoms with Crippen LogP contribution < -0.4 is 0 Å². The molecule has 2 heterocycles. The Bertz CT molecular complexity index is 676. The van der Waals surface area contributed by atoms with E-state index in [1.165, 1.54) is 0 Å². The number of methoxy groups -OCH3 is 1. The summed E-state index contributed by atoms with van der Waals surface area (Å²) >= 11 is 0. The van der Waals surface area contributed by atoms with Crippen molar-refractivity contribution in [2.45, 2.75) is 6.42 Å². The van der Waals surface area contributed by atoms with Crippen molar-refractivity contribution in [2.24, 2.45) is 0 Å². The van der Waals surface area contributed by atoms with E-state index in [-0.39, 0.29) is 0 Å². The average Bonchev–Trinajstić information content (AvgIpc) is 3.15. The van der Waals surface area contributed by atoms with Gasteiger partial charge in [-0.3, -0.25) is 0 Å². The van der Waals surface area contributed by atoms with E-state index in [2.05, 4.69) is 15.3 Å². The smallest absolute Gasteiger partial charge is 0.296 e. The molecule has 0 fully saturated rings. The molecule has 3 aromatic rings. The summed E-state index contributed by atoms with van der Waals surface area (Å²) in [5, 5.41) is 7.86. The van der Waals surface area contributed by atoms with E-state index >= 15 is 0 Å². The Morgan fingerprint density at radius 1 is 1.10 bits per heavy atom. The highest BCUT2D eigenvalue weighted by Gasteiger charge is 2.15. The molecule has 0 aliphatic carbocycles. The Morgan fingerprint density at radius 2 is 1.95 bits per heavy atom. The third-order valence-corrected chi connectivity index (χ3v) is 2.79. The second-order valence-electron chi connectivity index (χ2n) is 4.20. The van der Waals surface area contributed by atoms with Gasteiger partial charge in [0.1, 0.15) is 5.69 Å². The Balaban J connectivity index is 1.81. The van der Waals surface area contributed by atoms with E-state index in [0.717, 1.165) is 11.3 Å². The molecule has 0 saturated heterocycles. The highest BCUT2D eigenvalue weighted by Crippen LogP contribution is 2.24. The molecule has 6 heteroatoms. The molecular weight excluding hydrogens is 258 g/mol. The van der Waals surface area contributed by atoms with Crippen molar-refractivity contribution in [3.8, 4) is 22.9 Å². The van der Waals surface area contributed by atoms with Crippen LogP contribution in [-0.2, 0) is 11.2 Å². The summed E-state index contributed by atoms with van der Waals surface area (Å²) in [6.45, 7) is 0.546. The van der Waals surface area contributed by atoms with Gasteiger partial charge in [-0.1, -0.05) is 40.6 Å². The molecule has 0 aliphatic heterocycles. The van der Waals surface area contributed by atoms with Crippen LogP contribution in [0.3, 0.4) is 0 Å². The Morgan fingerprint density at radius 3 is 2.75 bits per heavy atom. The van der Waals surface area contributed by atoms with E-state index in [9.17, 15) is 0 Å². The predicted molar refractivity (Wildman–Crippen MR) is 70.8 cm³/mol. The fourth-order valence-corrected chi connectivity index (χ4v) is 1.77. The molecule has 0 spiro atoms. The van der Waals surface area contributed by atoms with Gasteiger partial charge in [-0.15, -0.1) is 0 Å². The summed E-state index contributed by atoms with van der Waals surface area (Å²) in [4.78, 5) is 4.23. The molecule has 6 nitrogen and oxygen atoms in total. The highest BCUT2D eigenvalue weighted by atomic mass is 16.5. The maximum atomic E-state index is 5.25. The van der Waals surface area contributed by atoms with Gasteiger partial charge < -0.3 is 13.8 Å². The minimum Gasteiger partial charge on any atom is -0.384 e. The Hall–Kier alpha value is -2.47. The number of aromatic nitrogens is 3. The largest absolute Gasteiger partial charge is 0.384 e. The van der Waals surface area contributed by atoms with Crippen LogP contribution in [-0.4, -0.2) is 29.0 Å². The first-order valence-electron chi connectivity index (χ1n) is 6.21. The van der Waals surface area contributed by atoms with E-state index in [4.69, 9.17) is 13.8 Å². The fourth-order valence-electron chi connectivity index (χ4n) is 1.77. The van der Waals surface area contributed by atoms with Crippen LogP contribution >= 0.6 is 0 Å². The molecule has 0 bridgehead atoms. The minimum atomic E-state index is 0.325. The molecule has 1 aromatic carbocycles. The van der Waals surface area contributed by atoms with Gasteiger partial charge in [0.25, 0.3) is 5.89 Å².